The lowest BCUT2D eigenvalue weighted by Crippen LogP contribution is -2.31. The van der Waals surface area contributed by atoms with Gasteiger partial charge in [-0.1, -0.05) is 19.1 Å². The van der Waals surface area contributed by atoms with Gasteiger partial charge in [0, 0.05) is 19.6 Å². The van der Waals surface area contributed by atoms with Gasteiger partial charge in [0.15, 0.2) is 0 Å². The Balaban J connectivity index is 1.92. The Morgan fingerprint density at radius 3 is 2.57 bits per heavy atom. The molecule has 0 bridgehead atoms. The molecule has 0 spiro atoms. The summed E-state index contributed by atoms with van der Waals surface area (Å²) in [6.07, 6.45) is 1.07. The van der Waals surface area contributed by atoms with Crippen molar-refractivity contribution in [1.82, 2.24) is 14.9 Å². The van der Waals surface area contributed by atoms with Crippen LogP contribution < -0.4 is 10.0 Å². The van der Waals surface area contributed by atoms with Crippen LogP contribution in [0.15, 0.2) is 29.2 Å². The number of benzene rings is 1. The molecule has 0 amide bonds. The van der Waals surface area contributed by atoms with E-state index in [1.54, 1.807) is 12.1 Å². The van der Waals surface area contributed by atoms with Gasteiger partial charge in [-0.05, 0) is 50.2 Å². The van der Waals surface area contributed by atoms with Gasteiger partial charge < -0.3 is 10.2 Å². The molecule has 1 unspecified atom stereocenters. The molecular formula is C15H25N3O2S. The van der Waals surface area contributed by atoms with E-state index < -0.39 is 10.0 Å². The van der Waals surface area contributed by atoms with Crippen molar-refractivity contribution in [2.24, 2.45) is 5.92 Å². The van der Waals surface area contributed by atoms with E-state index in [0.29, 0.717) is 17.4 Å². The molecule has 1 aromatic rings. The molecule has 1 saturated heterocycles. The highest BCUT2D eigenvalue weighted by atomic mass is 32.2. The van der Waals surface area contributed by atoms with Crippen LogP contribution in [0.3, 0.4) is 0 Å². The summed E-state index contributed by atoms with van der Waals surface area (Å²) in [6, 6.07) is 7.03. The van der Waals surface area contributed by atoms with Crippen molar-refractivity contribution in [3.63, 3.8) is 0 Å². The molecule has 2 rings (SSSR count). The standard InChI is InChI=1S/C15H25N3O2S/c1-3-18-9-8-14(12-18)11-17-21(19,20)15-6-4-13(5-7-15)10-16-2/h4-7,14,16-17H,3,8-12H2,1-2H3. The molecule has 1 heterocycles. The minimum absolute atomic E-state index is 0.340. The number of rotatable bonds is 7. The molecule has 0 radical (unpaired) electrons. The Bertz CT molecular complexity index is 543. The Kier molecular flexibility index (Phi) is 5.75. The zero-order valence-electron chi connectivity index (χ0n) is 12.8. The molecule has 1 fully saturated rings. The molecule has 5 nitrogen and oxygen atoms in total. The third-order valence-electron chi connectivity index (χ3n) is 3.99. The number of likely N-dealkylation sites (tertiary alicyclic amines) is 1. The van der Waals surface area contributed by atoms with Crippen LogP contribution in [0.5, 0.6) is 0 Å². The molecular weight excluding hydrogens is 286 g/mol. The number of hydrogen-bond acceptors (Lipinski definition) is 4. The normalized spacial score (nSPS) is 20.0. The number of sulfonamides is 1. The van der Waals surface area contributed by atoms with Crippen LogP contribution in [0.2, 0.25) is 0 Å². The molecule has 1 aliphatic heterocycles. The number of nitrogens with one attached hydrogen (secondary N) is 2. The van der Waals surface area contributed by atoms with Gasteiger partial charge in [-0.2, -0.15) is 0 Å². The van der Waals surface area contributed by atoms with Gasteiger partial charge in [0.05, 0.1) is 4.90 Å². The first-order chi connectivity index (χ1) is 10.0. The second-order valence-electron chi connectivity index (χ2n) is 5.57. The van der Waals surface area contributed by atoms with Gasteiger partial charge in [0.25, 0.3) is 0 Å². The first-order valence-corrected chi connectivity index (χ1v) is 8.99. The van der Waals surface area contributed by atoms with E-state index in [9.17, 15) is 8.42 Å². The SMILES string of the molecule is CCN1CCC(CNS(=O)(=O)c2ccc(CNC)cc2)C1. The van der Waals surface area contributed by atoms with Crippen molar-refractivity contribution < 1.29 is 8.42 Å². The highest BCUT2D eigenvalue weighted by Gasteiger charge is 2.23. The highest BCUT2D eigenvalue weighted by molar-refractivity contribution is 7.89. The van der Waals surface area contributed by atoms with E-state index in [2.05, 4.69) is 21.9 Å². The average molecular weight is 311 g/mol. The quantitative estimate of drug-likeness (QED) is 0.789. The molecule has 1 aromatic carbocycles. The van der Waals surface area contributed by atoms with E-state index in [1.165, 1.54) is 0 Å². The summed E-state index contributed by atoms with van der Waals surface area (Å²) in [4.78, 5) is 2.69. The molecule has 118 valence electrons. The zero-order chi connectivity index (χ0) is 15.3. The van der Waals surface area contributed by atoms with Crippen LogP contribution in [-0.2, 0) is 16.6 Å². The fourth-order valence-electron chi connectivity index (χ4n) is 2.67. The van der Waals surface area contributed by atoms with E-state index in [4.69, 9.17) is 0 Å². The summed E-state index contributed by atoms with van der Waals surface area (Å²) in [5, 5.41) is 3.04. The van der Waals surface area contributed by atoms with Crippen molar-refractivity contribution in [3.05, 3.63) is 29.8 Å². The van der Waals surface area contributed by atoms with Gasteiger partial charge in [0.1, 0.15) is 0 Å². The lowest BCUT2D eigenvalue weighted by Gasteiger charge is -2.14. The molecule has 1 atom stereocenters. The van der Waals surface area contributed by atoms with Gasteiger partial charge in [-0.15, -0.1) is 0 Å². The summed E-state index contributed by atoms with van der Waals surface area (Å²) in [5.41, 5.74) is 1.07. The van der Waals surface area contributed by atoms with Crippen LogP contribution in [0, 0.1) is 5.92 Å². The fourth-order valence-corrected chi connectivity index (χ4v) is 3.78. The Morgan fingerprint density at radius 2 is 2.00 bits per heavy atom. The first kappa shape index (κ1) is 16.4. The van der Waals surface area contributed by atoms with Gasteiger partial charge in [0.2, 0.25) is 10.0 Å². The van der Waals surface area contributed by atoms with Gasteiger partial charge >= 0.3 is 0 Å². The van der Waals surface area contributed by atoms with E-state index in [-0.39, 0.29) is 0 Å². The topological polar surface area (TPSA) is 61.4 Å². The summed E-state index contributed by atoms with van der Waals surface area (Å²) < 4.78 is 27.3. The van der Waals surface area contributed by atoms with E-state index >= 15 is 0 Å². The smallest absolute Gasteiger partial charge is 0.240 e. The van der Waals surface area contributed by atoms with Crippen LogP contribution in [0.4, 0.5) is 0 Å². The fraction of sp³-hybridized carbons (Fsp3) is 0.600. The molecule has 0 aromatic heterocycles. The van der Waals surface area contributed by atoms with Crippen LogP contribution in [0.25, 0.3) is 0 Å². The van der Waals surface area contributed by atoms with Crippen molar-refractivity contribution in [1.29, 1.82) is 0 Å². The maximum Gasteiger partial charge on any atom is 0.240 e. The molecule has 2 N–H and O–H groups in total. The average Bonchev–Trinajstić information content (AvgIpc) is 2.94. The third kappa shape index (κ3) is 4.51. The summed E-state index contributed by atoms with van der Waals surface area (Å²) in [7, 11) is -1.52. The predicted octanol–water partition coefficient (Wildman–Crippen LogP) is 1.03. The Labute approximate surface area is 127 Å². The summed E-state index contributed by atoms with van der Waals surface area (Å²) >= 11 is 0. The Morgan fingerprint density at radius 1 is 1.29 bits per heavy atom. The second-order valence-corrected chi connectivity index (χ2v) is 7.34. The summed E-state index contributed by atoms with van der Waals surface area (Å²) in [6.45, 7) is 6.50. The predicted molar refractivity (Wildman–Crippen MR) is 84.6 cm³/mol. The monoisotopic (exact) mass is 311 g/mol. The lowest BCUT2D eigenvalue weighted by molar-refractivity contribution is 0.342. The van der Waals surface area contributed by atoms with E-state index in [0.717, 1.165) is 38.2 Å². The van der Waals surface area contributed by atoms with Crippen molar-refractivity contribution in [2.75, 3.05) is 33.2 Å². The van der Waals surface area contributed by atoms with Crippen molar-refractivity contribution in [3.8, 4) is 0 Å². The summed E-state index contributed by atoms with van der Waals surface area (Å²) in [5.74, 6) is 0.420. The second kappa shape index (κ2) is 7.35. The maximum atomic E-state index is 12.3. The van der Waals surface area contributed by atoms with Crippen LogP contribution in [0.1, 0.15) is 18.9 Å². The van der Waals surface area contributed by atoms with E-state index in [1.807, 2.05) is 19.2 Å². The van der Waals surface area contributed by atoms with Crippen LogP contribution >= 0.6 is 0 Å². The number of nitrogens with zero attached hydrogens (tertiary/aromatic N) is 1. The van der Waals surface area contributed by atoms with Crippen molar-refractivity contribution in [2.45, 2.75) is 24.8 Å². The molecule has 1 aliphatic rings. The first-order valence-electron chi connectivity index (χ1n) is 7.50. The lowest BCUT2D eigenvalue weighted by atomic mass is 10.1. The highest BCUT2D eigenvalue weighted by Crippen LogP contribution is 2.16. The Hall–Kier alpha value is -0.950. The van der Waals surface area contributed by atoms with Crippen LogP contribution in [-0.4, -0.2) is 46.5 Å². The number of hydrogen-bond donors (Lipinski definition) is 2. The molecule has 6 heteroatoms. The van der Waals surface area contributed by atoms with Gasteiger partial charge in [-0.25, -0.2) is 13.1 Å². The minimum Gasteiger partial charge on any atom is -0.316 e. The molecule has 0 aliphatic carbocycles. The maximum absolute atomic E-state index is 12.3. The zero-order valence-corrected chi connectivity index (χ0v) is 13.6. The molecule has 0 saturated carbocycles. The van der Waals surface area contributed by atoms with Crippen molar-refractivity contribution >= 4 is 10.0 Å². The largest absolute Gasteiger partial charge is 0.316 e. The molecule has 21 heavy (non-hydrogen) atoms. The van der Waals surface area contributed by atoms with Gasteiger partial charge in [-0.3, -0.25) is 0 Å². The third-order valence-corrected chi connectivity index (χ3v) is 5.43. The minimum atomic E-state index is -3.39.